The molecule has 4 rings (SSSR count). The zero-order valence-corrected chi connectivity index (χ0v) is 14.1. The van der Waals surface area contributed by atoms with Gasteiger partial charge in [0.1, 0.15) is 5.75 Å². The Labute approximate surface area is 135 Å². The lowest BCUT2D eigenvalue weighted by atomic mass is 9.83. The molecule has 3 fully saturated rings. The van der Waals surface area contributed by atoms with E-state index >= 15 is 0 Å². The minimum absolute atomic E-state index is 0.0294. The van der Waals surface area contributed by atoms with Crippen LogP contribution >= 0.6 is 0 Å². The number of aryl methyl sites for hydroxylation is 1. The second-order valence-corrected chi connectivity index (χ2v) is 7.95. The molecule has 2 bridgehead atoms. The van der Waals surface area contributed by atoms with E-state index in [1.54, 1.807) is 6.26 Å². The summed E-state index contributed by atoms with van der Waals surface area (Å²) >= 11 is -0.760. The van der Waals surface area contributed by atoms with Crippen LogP contribution in [-0.4, -0.2) is 36.4 Å². The monoisotopic (exact) mass is 324 g/mol. The lowest BCUT2D eigenvalue weighted by Gasteiger charge is -2.51. The van der Waals surface area contributed by atoms with Gasteiger partial charge in [0.15, 0.2) is 0 Å². The summed E-state index contributed by atoms with van der Waals surface area (Å²) in [4.78, 5) is 0. The second-order valence-electron chi connectivity index (χ2n) is 6.40. The van der Waals surface area contributed by atoms with Gasteiger partial charge in [-0.25, -0.2) is 0 Å². The second kappa shape index (κ2) is 6.49. The van der Waals surface area contributed by atoms with Gasteiger partial charge < -0.3 is 18.8 Å². The summed E-state index contributed by atoms with van der Waals surface area (Å²) in [6.07, 6.45) is 4.72. The maximum atomic E-state index is 11.2. The van der Waals surface area contributed by atoms with Crippen LogP contribution in [0.2, 0.25) is 0 Å². The van der Waals surface area contributed by atoms with E-state index in [4.69, 9.17) is 14.2 Å². The Morgan fingerprint density at radius 3 is 2.18 bits per heavy atom. The molecule has 0 amide bonds. The molecule has 0 aliphatic carbocycles. The summed E-state index contributed by atoms with van der Waals surface area (Å²) in [6, 6.07) is 8.06. The first-order valence-corrected chi connectivity index (χ1v) is 9.62. The highest BCUT2D eigenvalue weighted by Crippen LogP contribution is 2.46. The van der Waals surface area contributed by atoms with Crippen molar-refractivity contribution >= 4 is 11.2 Å². The fourth-order valence-electron chi connectivity index (χ4n) is 3.13. The van der Waals surface area contributed by atoms with Crippen LogP contribution in [0.3, 0.4) is 0 Å². The molecule has 3 heterocycles. The van der Waals surface area contributed by atoms with Crippen LogP contribution in [-0.2, 0) is 37.8 Å². The molecule has 0 saturated carbocycles. The zero-order chi connectivity index (χ0) is 15.6. The molecule has 5 heteroatoms. The Hall–Kier alpha value is -0.590. The first kappa shape index (κ1) is 16.3. The summed E-state index contributed by atoms with van der Waals surface area (Å²) in [7, 11) is 0. The van der Waals surface area contributed by atoms with E-state index in [-0.39, 0.29) is 5.41 Å². The lowest BCUT2D eigenvalue weighted by molar-refractivity contribution is -0.480. The summed E-state index contributed by atoms with van der Waals surface area (Å²) in [5, 5.41) is 0. The van der Waals surface area contributed by atoms with Crippen molar-refractivity contribution in [1.29, 1.82) is 0 Å². The molecule has 0 N–H and O–H groups in total. The molecule has 4 nitrogen and oxygen atoms in total. The third kappa shape index (κ3) is 3.19. The Morgan fingerprint density at radius 2 is 1.68 bits per heavy atom. The van der Waals surface area contributed by atoms with E-state index < -0.39 is 17.1 Å². The standard InChI is InChI=1S/C17H24O4S/c1-3-9-16-11-19-17(20-12-16,21-13-16)15-6-4-14(5-7-15)8-10-22(2)18/h4-7H,3,8-13H2,1-2H3. The van der Waals surface area contributed by atoms with Crippen molar-refractivity contribution in [3.8, 4) is 0 Å². The number of benzene rings is 1. The third-order valence-electron chi connectivity index (χ3n) is 4.47. The van der Waals surface area contributed by atoms with Crippen molar-refractivity contribution in [3.05, 3.63) is 35.4 Å². The van der Waals surface area contributed by atoms with Crippen LogP contribution in [0.15, 0.2) is 24.3 Å². The van der Waals surface area contributed by atoms with Crippen molar-refractivity contribution in [2.75, 3.05) is 31.8 Å². The first-order valence-electron chi connectivity index (χ1n) is 7.89. The zero-order valence-electron chi connectivity index (χ0n) is 13.3. The molecule has 1 aromatic carbocycles. The van der Waals surface area contributed by atoms with E-state index in [0.717, 1.165) is 24.8 Å². The number of hydrogen-bond donors (Lipinski definition) is 0. The Kier molecular flexibility index (Phi) is 4.80. The Morgan fingerprint density at radius 1 is 1.09 bits per heavy atom. The van der Waals surface area contributed by atoms with Crippen LogP contribution in [0.1, 0.15) is 30.9 Å². The minimum atomic E-state index is -1.03. The molecular formula is C17H24O4S. The Bertz CT molecular complexity index is 475. The van der Waals surface area contributed by atoms with Crippen LogP contribution < -0.4 is 0 Å². The fraction of sp³-hybridized carbons (Fsp3) is 0.647. The smallest absolute Gasteiger partial charge is 0.312 e. The topological polar surface area (TPSA) is 50.8 Å². The largest absolute Gasteiger partial charge is 0.617 e. The van der Waals surface area contributed by atoms with Crippen LogP contribution in [0.25, 0.3) is 0 Å². The van der Waals surface area contributed by atoms with Gasteiger partial charge in [0.2, 0.25) is 0 Å². The van der Waals surface area contributed by atoms with Crippen LogP contribution in [0.4, 0.5) is 0 Å². The normalized spacial score (nSPS) is 32.1. The maximum Gasteiger partial charge on any atom is 0.312 e. The molecule has 3 aliphatic rings. The molecule has 3 aliphatic heterocycles. The molecule has 1 aromatic rings. The highest BCUT2D eigenvalue weighted by molar-refractivity contribution is 7.90. The molecular weight excluding hydrogens is 300 g/mol. The third-order valence-corrected chi connectivity index (χ3v) is 5.25. The van der Waals surface area contributed by atoms with E-state index in [2.05, 4.69) is 6.92 Å². The van der Waals surface area contributed by atoms with Gasteiger partial charge in [-0.3, -0.25) is 0 Å². The average molecular weight is 324 g/mol. The number of fused-ring (bicyclic) bond motifs is 3. The molecule has 1 unspecified atom stereocenters. The van der Waals surface area contributed by atoms with Gasteiger partial charge in [0.05, 0.1) is 26.1 Å². The minimum Gasteiger partial charge on any atom is -0.617 e. The molecule has 0 radical (unpaired) electrons. The van der Waals surface area contributed by atoms with E-state index in [1.807, 2.05) is 24.3 Å². The predicted octanol–water partition coefficient (Wildman–Crippen LogP) is 2.58. The van der Waals surface area contributed by atoms with E-state index in [0.29, 0.717) is 25.6 Å². The average Bonchev–Trinajstić information content (AvgIpc) is 2.55. The van der Waals surface area contributed by atoms with Crippen molar-refractivity contribution in [3.63, 3.8) is 0 Å². The van der Waals surface area contributed by atoms with Crippen molar-refractivity contribution in [1.82, 2.24) is 0 Å². The fourth-order valence-corrected chi connectivity index (χ4v) is 3.65. The van der Waals surface area contributed by atoms with Gasteiger partial charge >= 0.3 is 5.97 Å². The predicted molar refractivity (Wildman–Crippen MR) is 86.0 cm³/mol. The SMILES string of the molecule is CCCC12COC(c3ccc(CC[S+](C)[O-])cc3)(OC1)OC2. The summed E-state index contributed by atoms with van der Waals surface area (Å²) in [6.45, 7) is 4.25. The molecule has 0 aromatic heterocycles. The highest BCUT2D eigenvalue weighted by atomic mass is 32.2. The lowest BCUT2D eigenvalue weighted by Crippen LogP contribution is -2.58. The van der Waals surface area contributed by atoms with Gasteiger partial charge in [-0.05, 0) is 12.0 Å². The van der Waals surface area contributed by atoms with Gasteiger partial charge in [-0.1, -0.05) is 48.8 Å². The van der Waals surface area contributed by atoms with Gasteiger partial charge in [-0.2, -0.15) is 0 Å². The van der Waals surface area contributed by atoms with E-state index in [9.17, 15) is 4.55 Å². The number of ether oxygens (including phenoxy) is 3. The Balaban J connectivity index is 1.68. The maximum absolute atomic E-state index is 11.2. The summed E-state index contributed by atoms with van der Waals surface area (Å²) in [5.41, 5.74) is 2.10. The summed E-state index contributed by atoms with van der Waals surface area (Å²) < 4.78 is 29.0. The summed E-state index contributed by atoms with van der Waals surface area (Å²) in [5.74, 6) is -0.338. The quantitative estimate of drug-likeness (QED) is 0.755. The van der Waals surface area contributed by atoms with Gasteiger partial charge in [0.25, 0.3) is 0 Å². The first-order chi connectivity index (χ1) is 10.6. The van der Waals surface area contributed by atoms with Crippen LogP contribution in [0.5, 0.6) is 0 Å². The van der Waals surface area contributed by atoms with E-state index in [1.165, 1.54) is 5.56 Å². The number of hydrogen-bond acceptors (Lipinski definition) is 4. The molecule has 0 spiro atoms. The van der Waals surface area contributed by atoms with Crippen molar-refractivity contribution < 1.29 is 18.8 Å². The molecule has 1 atom stereocenters. The van der Waals surface area contributed by atoms with Gasteiger partial charge in [-0.15, -0.1) is 0 Å². The molecule has 22 heavy (non-hydrogen) atoms. The molecule has 122 valence electrons. The van der Waals surface area contributed by atoms with Crippen molar-refractivity contribution in [2.24, 2.45) is 5.41 Å². The van der Waals surface area contributed by atoms with Gasteiger partial charge in [0, 0.05) is 17.4 Å². The number of rotatable bonds is 6. The molecule has 3 saturated heterocycles. The highest BCUT2D eigenvalue weighted by Gasteiger charge is 2.53. The van der Waals surface area contributed by atoms with Crippen LogP contribution in [0, 0.1) is 5.41 Å². The van der Waals surface area contributed by atoms with Crippen molar-refractivity contribution in [2.45, 2.75) is 32.2 Å².